The molecule has 1 aromatic rings. The molecule has 2 rings (SSSR count). The zero-order chi connectivity index (χ0) is 10.1. The molecule has 76 valence electrons. The molecule has 0 aliphatic heterocycles. The zero-order valence-electron chi connectivity index (χ0n) is 8.50. The average molecular weight is 212 g/mol. The third kappa shape index (κ3) is 1.82. The number of aryl methyl sites for hydroxylation is 1. The second-order valence-corrected chi connectivity index (χ2v) is 4.02. The highest BCUT2D eigenvalue weighted by Gasteiger charge is 2.27. The van der Waals surface area contributed by atoms with Crippen LogP contribution >= 0.6 is 11.6 Å². The van der Waals surface area contributed by atoms with Gasteiger partial charge >= 0.3 is 0 Å². The predicted molar refractivity (Wildman–Crippen MR) is 57.8 cm³/mol. The van der Waals surface area contributed by atoms with E-state index in [9.17, 15) is 0 Å². The molecule has 0 aromatic carbocycles. The van der Waals surface area contributed by atoms with Gasteiger partial charge in [-0.1, -0.05) is 0 Å². The molecule has 0 atom stereocenters. The highest BCUT2D eigenvalue weighted by atomic mass is 35.5. The van der Waals surface area contributed by atoms with Crippen LogP contribution in [0.4, 0.5) is 5.95 Å². The van der Waals surface area contributed by atoms with Crippen LogP contribution in [0.5, 0.6) is 0 Å². The fourth-order valence-electron chi connectivity index (χ4n) is 1.41. The fourth-order valence-corrected chi connectivity index (χ4v) is 1.67. The summed E-state index contributed by atoms with van der Waals surface area (Å²) in [5.74, 6) is 1.30. The summed E-state index contributed by atoms with van der Waals surface area (Å²) in [7, 11) is 2.05. The third-order valence-electron chi connectivity index (χ3n) is 2.62. The molecule has 1 aliphatic carbocycles. The number of halogens is 1. The van der Waals surface area contributed by atoms with E-state index in [0.717, 1.165) is 17.2 Å². The Morgan fingerprint density at radius 3 is 2.79 bits per heavy atom. The SMILES string of the molecule is Cc1nc(N(C)C2CC2)ncc1CCl. The standard InChI is InChI=1S/C10H14ClN3/c1-7-8(5-11)6-12-10(13-7)14(2)9-3-4-9/h6,9H,3-5H2,1-2H3. The quantitative estimate of drug-likeness (QED) is 0.718. The lowest BCUT2D eigenvalue weighted by molar-refractivity contribution is 0.849. The van der Waals surface area contributed by atoms with Crippen molar-refractivity contribution < 1.29 is 0 Å². The molecule has 0 amide bonds. The molecule has 0 spiro atoms. The van der Waals surface area contributed by atoms with E-state index in [4.69, 9.17) is 11.6 Å². The number of anilines is 1. The Morgan fingerprint density at radius 2 is 2.29 bits per heavy atom. The Bertz CT molecular complexity index is 336. The van der Waals surface area contributed by atoms with Gasteiger partial charge in [0.15, 0.2) is 0 Å². The molecular weight excluding hydrogens is 198 g/mol. The Morgan fingerprint density at radius 1 is 1.57 bits per heavy atom. The predicted octanol–water partition coefficient (Wildman–Crippen LogP) is 2.12. The largest absolute Gasteiger partial charge is 0.341 e. The first-order valence-electron chi connectivity index (χ1n) is 4.83. The van der Waals surface area contributed by atoms with Gasteiger partial charge in [-0.25, -0.2) is 9.97 Å². The summed E-state index contributed by atoms with van der Waals surface area (Å²) in [6.45, 7) is 1.98. The van der Waals surface area contributed by atoms with Crippen LogP contribution in [0.1, 0.15) is 24.1 Å². The van der Waals surface area contributed by atoms with Crippen LogP contribution in [0.15, 0.2) is 6.20 Å². The van der Waals surface area contributed by atoms with Crippen molar-refractivity contribution in [1.29, 1.82) is 0 Å². The van der Waals surface area contributed by atoms with Gasteiger partial charge in [-0.3, -0.25) is 0 Å². The van der Waals surface area contributed by atoms with Gasteiger partial charge in [0.05, 0.1) is 5.88 Å². The van der Waals surface area contributed by atoms with Gasteiger partial charge in [-0.05, 0) is 19.8 Å². The molecule has 1 fully saturated rings. The van der Waals surface area contributed by atoms with Crippen LogP contribution in [0.25, 0.3) is 0 Å². The van der Waals surface area contributed by atoms with Gasteiger partial charge < -0.3 is 4.90 Å². The highest BCUT2D eigenvalue weighted by molar-refractivity contribution is 6.17. The number of hydrogen-bond acceptors (Lipinski definition) is 3. The maximum absolute atomic E-state index is 5.75. The van der Waals surface area contributed by atoms with Gasteiger partial charge in [-0.15, -0.1) is 11.6 Å². The van der Waals surface area contributed by atoms with E-state index in [-0.39, 0.29) is 0 Å². The zero-order valence-corrected chi connectivity index (χ0v) is 9.25. The molecular formula is C10H14ClN3. The molecule has 0 radical (unpaired) electrons. The molecule has 4 heteroatoms. The molecule has 3 nitrogen and oxygen atoms in total. The second-order valence-electron chi connectivity index (χ2n) is 3.76. The maximum Gasteiger partial charge on any atom is 0.225 e. The minimum absolute atomic E-state index is 0.485. The molecule has 1 heterocycles. The number of nitrogens with zero attached hydrogens (tertiary/aromatic N) is 3. The van der Waals surface area contributed by atoms with Crippen LogP contribution < -0.4 is 4.90 Å². The molecule has 0 unspecified atom stereocenters. The summed E-state index contributed by atoms with van der Waals surface area (Å²) in [5.41, 5.74) is 2.00. The molecule has 1 aliphatic rings. The highest BCUT2D eigenvalue weighted by Crippen LogP contribution is 2.28. The van der Waals surface area contributed by atoms with Gasteiger partial charge in [-0.2, -0.15) is 0 Å². The van der Waals surface area contributed by atoms with Crippen molar-refractivity contribution in [2.24, 2.45) is 0 Å². The van der Waals surface area contributed by atoms with Crippen LogP contribution in [0.3, 0.4) is 0 Å². The summed E-state index contributed by atoms with van der Waals surface area (Å²) in [6.07, 6.45) is 4.34. The number of rotatable bonds is 3. The lowest BCUT2D eigenvalue weighted by Gasteiger charge is -2.16. The third-order valence-corrected chi connectivity index (χ3v) is 2.91. The molecule has 0 bridgehead atoms. The molecule has 1 aromatic heterocycles. The first-order valence-corrected chi connectivity index (χ1v) is 5.37. The van der Waals surface area contributed by atoms with E-state index >= 15 is 0 Å². The molecule has 14 heavy (non-hydrogen) atoms. The lowest BCUT2D eigenvalue weighted by atomic mass is 10.3. The van der Waals surface area contributed by atoms with Crippen molar-refractivity contribution >= 4 is 17.5 Å². The molecule has 1 saturated carbocycles. The van der Waals surface area contributed by atoms with E-state index in [1.807, 2.05) is 20.2 Å². The van der Waals surface area contributed by atoms with Crippen LogP contribution in [-0.2, 0) is 5.88 Å². The van der Waals surface area contributed by atoms with Crippen molar-refractivity contribution in [1.82, 2.24) is 9.97 Å². The summed E-state index contributed by atoms with van der Waals surface area (Å²) in [6, 6.07) is 0.649. The van der Waals surface area contributed by atoms with E-state index in [2.05, 4.69) is 14.9 Å². The van der Waals surface area contributed by atoms with Crippen molar-refractivity contribution in [3.05, 3.63) is 17.5 Å². The Labute approximate surface area is 89.1 Å². The van der Waals surface area contributed by atoms with Gasteiger partial charge in [0.2, 0.25) is 5.95 Å². The second kappa shape index (κ2) is 3.73. The lowest BCUT2D eigenvalue weighted by Crippen LogP contribution is -2.22. The smallest absolute Gasteiger partial charge is 0.225 e. The van der Waals surface area contributed by atoms with Crippen molar-refractivity contribution in [2.75, 3.05) is 11.9 Å². The Kier molecular flexibility index (Phi) is 2.59. The van der Waals surface area contributed by atoms with Crippen LogP contribution in [0.2, 0.25) is 0 Å². The van der Waals surface area contributed by atoms with Crippen LogP contribution in [-0.4, -0.2) is 23.1 Å². The Balaban J connectivity index is 2.22. The molecule has 0 saturated heterocycles. The fraction of sp³-hybridized carbons (Fsp3) is 0.600. The minimum atomic E-state index is 0.485. The number of hydrogen-bond donors (Lipinski definition) is 0. The summed E-state index contributed by atoms with van der Waals surface area (Å²) < 4.78 is 0. The van der Waals surface area contributed by atoms with Gasteiger partial charge in [0.1, 0.15) is 0 Å². The first-order chi connectivity index (χ1) is 6.72. The van der Waals surface area contributed by atoms with E-state index in [0.29, 0.717) is 11.9 Å². The van der Waals surface area contributed by atoms with Crippen molar-refractivity contribution in [2.45, 2.75) is 31.7 Å². The van der Waals surface area contributed by atoms with Gasteiger partial charge in [0.25, 0.3) is 0 Å². The Hall–Kier alpha value is -0.830. The minimum Gasteiger partial charge on any atom is -0.341 e. The first kappa shape index (κ1) is 9.71. The van der Waals surface area contributed by atoms with E-state index in [1.165, 1.54) is 12.8 Å². The van der Waals surface area contributed by atoms with E-state index in [1.54, 1.807) is 0 Å². The van der Waals surface area contributed by atoms with Crippen molar-refractivity contribution in [3.63, 3.8) is 0 Å². The van der Waals surface area contributed by atoms with Gasteiger partial charge in [0, 0.05) is 30.5 Å². The van der Waals surface area contributed by atoms with Crippen molar-refractivity contribution in [3.8, 4) is 0 Å². The summed E-state index contributed by atoms with van der Waals surface area (Å²) in [4.78, 5) is 10.9. The van der Waals surface area contributed by atoms with E-state index < -0.39 is 0 Å². The summed E-state index contributed by atoms with van der Waals surface area (Å²) in [5, 5.41) is 0. The number of alkyl halides is 1. The van der Waals surface area contributed by atoms with Crippen LogP contribution in [0, 0.1) is 6.92 Å². The average Bonchev–Trinajstić information content (AvgIpc) is 3.00. The number of aromatic nitrogens is 2. The monoisotopic (exact) mass is 211 g/mol. The molecule has 0 N–H and O–H groups in total. The topological polar surface area (TPSA) is 29.0 Å². The maximum atomic E-state index is 5.75. The summed E-state index contributed by atoms with van der Waals surface area (Å²) >= 11 is 5.75. The normalized spacial score (nSPS) is 15.6.